The van der Waals surface area contributed by atoms with Gasteiger partial charge in [-0.1, -0.05) is 33.6 Å². The number of rotatable bonds is 3. The SMILES string of the molecule is CCC(C)(C#CCC(C)C)CC. The van der Waals surface area contributed by atoms with Gasteiger partial charge in [-0.15, -0.1) is 5.92 Å². The highest BCUT2D eigenvalue weighted by Crippen LogP contribution is 2.23. The predicted molar refractivity (Wildman–Crippen MR) is 55.9 cm³/mol. The first-order chi connectivity index (χ1) is 5.54. The molecule has 0 spiro atoms. The molecule has 12 heavy (non-hydrogen) atoms. The standard InChI is InChI=1S/C12H22/c1-6-12(5,7-2)10-8-9-11(3)4/h11H,6-7,9H2,1-5H3. The van der Waals surface area contributed by atoms with Gasteiger partial charge in [0.1, 0.15) is 0 Å². The van der Waals surface area contributed by atoms with Gasteiger partial charge in [-0.25, -0.2) is 0 Å². The summed E-state index contributed by atoms with van der Waals surface area (Å²) in [6, 6.07) is 0. The Bertz CT molecular complexity index is 162. The van der Waals surface area contributed by atoms with Crippen molar-refractivity contribution in [2.24, 2.45) is 11.3 Å². The third-order valence-electron chi connectivity index (χ3n) is 2.46. The van der Waals surface area contributed by atoms with Crippen molar-refractivity contribution < 1.29 is 0 Å². The molecule has 0 atom stereocenters. The maximum Gasteiger partial charge on any atom is 0.0281 e. The van der Waals surface area contributed by atoms with Crippen molar-refractivity contribution in [2.45, 2.75) is 53.9 Å². The Hall–Kier alpha value is -0.440. The maximum absolute atomic E-state index is 3.38. The van der Waals surface area contributed by atoms with E-state index in [1.807, 2.05) is 0 Å². The summed E-state index contributed by atoms with van der Waals surface area (Å²) in [5.41, 5.74) is 0.259. The molecule has 0 unspecified atom stereocenters. The first-order valence-corrected chi connectivity index (χ1v) is 5.04. The number of hydrogen-bond donors (Lipinski definition) is 0. The van der Waals surface area contributed by atoms with E-state index in [9.17, 15) is 0 Å². The van der Waals surface area contributed by atoms with Crippen LogP contribution in [0.2, 0.25) is 0 Å². The van der Waals surface area contributed by atoms with Gasteiger partial charge in [-0.05, 0) is 25.7 Å². The van der Waals surface area contributed by atoms with E-state index in [0.29, 0.717) is 5.92 Å². The average molecular weight is 166 g/mol. The summed E-state index contributed by atoms with van der Waals surface area (Å²) in [6.07, 6.45) is 3.36. The third kappa shape index (κ3) is 4.44. The van der Waals surface area contributed by atoms with Gasteiger partial charge in [0.25, 0.3) is 0 Å². The Morgan fingerprint density at radius 2 is 1.67 bits per heavy atom. The van der Waals surface area contributed by atoms with Gasteiger partial charge in [-0.3, -0.25) is 0 Å². The van der Waals surface area contributed by atoms with Crippen molar-refractivity contribution in [1.82, 2.24) is 0 Å². The van der Waals surface area contributed by atoms with Gasteiger partial charge in [0, 0.05) is 11.8 Å². The van der Waals surface area contributed by atoms with Crippen LogP contribution in [0, 0.1) is 23.2 Å². The monoisotopic (exact) mass is 166 g/mol. The smallest absolute Gasteiger partial charge is 0.0281 e. The molecule has 0 aliphatic heterocycles. The van der Waals surface area contributed by atoms with Crippen molar-refractivity contribution in [1.29, 1.82) is 0 Å². The quantitative estimate of drug-likeness (QED) is 0.558. The molecule has 0 aromatic rings. The largest absolute Gasteiger partial charge is 0.102 e. The van der Waals surface area contributed by atoms with Crippen molar-refractivity contribution in [3.05, 3.63) is 0 Å². The molecule has 0 rings (SSSR count). The van der Waals surface area contributed by atoms with Crippen LogP contribution < -0.4 is 0 Å². The minimum absolute atomic E-state index is 0.259. The summed E-state index contributed by atoms with van der Waals surface area (Å²) < 4.78 is 0. The van der Waals surface area contributed by atoms with E-state index in [0.717, 1.165) is 19.3 Å². The summed E-state index contributed by atoms with van der Waals surface area (Å²) in [5, 5.41) is 0. The van der Waals surface area contributed by atoms with E-state index in [4.69, 9.17) is 0 Å². The van der Waals surface area contributed by atoms with Gasteiger partial charge < -0.3 is 0 Å². The molecule has 0 aliphatic rings. The Balaban J connectivity index is 4.06. The lowest BCUT2D eigenvalue weighted by Crippen LogP contribution is -2.10. The fraction of sp³-hybridized carbons (Fsp3) is 0.833. The van der Waals surface area contributed by atoms with Crippen LogP contribution in [0.1, 0.15) is 53.9 Å². The highest BCUT2D eigenvalue weighted by Gasteiger charge is 2.14. The van der Waals surface area contributed by atoms with Gasteiger partial charge in [0.05, 0.1) is 0 Å². The molecular formula is C12H22. The van der Waals surface area contributed by atoms with Crippen LogP contribution in [0.4, 0.5) is 0 Å². The zero-order valence-corrected chi connectivity index (χ0v) is 9.20. The van der Waals surface area contributed by atoms with E-state index < -0.39 is 0 Å². The first kappa shape index (κ1) is 11.6. The zero-order chi connectivity index (χ0) is 9.61. The summed E-state index contributed by atoms with van der Waals surface area (Å²) in [7, 11) is 0. The van der Waals surface area contributed by atoms with Crippen LogP contribution >= 0.6 is 0 Å². The lowest BCUT2D eigenvalue weighted by atomic mass is 9.85. The van der Waals surface area contributed by atoms with Gasteiger partial charge in [-0.2, -0.15) is 0 Å². The Labute approximate surface area is 77.8 Å². The second-order valence-corrected chi connectivity index (χ2v) is 4.17. The van der Waals surface area contributed by atoms with Crippen LogP contribution in [-0.4, -0.2) is 0 Å². The lowest BCUT2D eigenvalue weighted by Gasteiger charge is -2.18. The molecule has 0 aliphatic carbocycles. The van der Waals surface area contributed by atoms with E-state index in [-0.39, 0.29) is 5.41 Å². The van der Waals surface area contributed by atoms with E-state index in [2.05, 4.69) is 46.5 Å². The summed E-state index contributed by atoms with van der Waals surface area (Å²) in [6.45, 7) is 11.1. The molecule has 0 heterocycles. The molecule has 0 aromatic heterocycles. The molecule has 0 radical (unpaired) electrons. The summed E-state index contributed by atoms with van der Waals surface area (Å²) in [5.74, 6) is 7.36. The Morgan fingerprint density at radius 3 is 2.00 bits per heavy atom. The van der Waals surface area contributed by atoms with Crippen LogP contribution in [0.3, 0.4) is 0 Å². The fourth-order valence-corrected chi connectivity index (χ4v) is 0.895. The topological polar surface area (TPSA) is 0 Å². The molecule has 70 valence electrons. The van der Waals surface area contributed by atoms with Gasteiger partial charge >= 0.3 is 0 Å². The van der Waals surface area contributed by atoms with Crippen LogP contribution in [-0.2, 0) is 0 Å². The van der Waals surface area contributed by atoms with Crippen molar-refractivity contribution in [3.63, 3.8) is 0 Å². The zero-order valence-electron chi connectivity index (χ0n) is 9.20. The molecule has 0 heteroatoms. The van der Waals surface area contributed by atoms with Crippen molar-refractivity contribution >= 4 is 0 Å². The second-order valence-electron chi connectivity index (χ2n) is 4.17. The van der Waals surface area contributed by atoms with Crippen LogP contribution in [0.5, 0.6) is 0 Å². The first-order valence-electron chi connectivity index (χ1n) is 5.04. The third-order valence-corrected chi connectivity index (χ3v) is 2.46. The summed E-state index contributed by atoms with van der Waals surface area (Å²) in [4.78, 5) is 0. The van der Waals surface area contributed by atoms with Crippen LogP contribution in [0.15, 0.2) is 0 Å². The van der Waals surface area contributed by atoms with Crippen molar-refractivity contribution in [2.75, 3.05) is 0 Å². The minimum Gasteiger partial charge on any atom is -0.102 e. The van der Waals surface area contributed by atoms with Gasteiger partial charge in [0.2, 0.25) is 0 Å². The van der Waals surface area contributed by atoms with Gasteiger partial charge in [0.15, 0.2) is 0 Å². The fourth-order valence-electron chi connectivity index (χ4n) is 0.895. The molecular weight excluding hydrogens is 144 g/mol. The normalized spacial score (nSPS) is 11.2. The van der Waals surface area contributed by atoms with Crippen LogP contribution in [0.25, 0.3) is 0 Å². The van der Waals surface area contributed by atoms with E-state index in [1.165, 1.54) is 0 Å². The molecule has 0 bridgehead atoms. The molecule has 0 fully saturated rings. The maximum atomic E-state index is 3.38. The second kappa shape index (κ2) is 5.25. The molecule has 0 saturated heterocycles. The predicted octanol–water partition coefficient (Wildman–Crippen LogP) is 3.86. The molecule has 0 aromatic carbocycles. The Kier molecular flexibility index (Phi) is 5.06. The summed E-state index contributed by atoms with van der Waals surface area (Å²) >= 11 is 0. The molecule has 0 N–H and O–H groups in total. The highest BCUT2D eigenvalue weighted by molar-refractivity contribution is 5.09. The lowest BCUT2D eigenvalue weighted by molar-refractivity contribution is 0.415. The Morgan fingerprint density at radius 1 is 1.17 bits per heavy atom. The molecule has 0 saturated carbocycles. The molecule has 0 nitrogen and oxygen atoms in total. The molecule has 0 amide bonds. The average Bonchev–Trinajstić information content (AvgIpc) is 2.03. The van der Waals surface area contributed by atoms with E-state index in [1.54, 1.807) is 0 Å². The van der Waals surface area contributed by atoms with E-state index >= 15 is 0 Å². The highest BCUT2D eigenvalue weighted by atomic mass is 14.2. The van der Waals surface area contributed by atoms with Crippen molar-refractivity contribution in [3.8, 4) is 11.8 Å². The number of hydrogen-bond acceptors (Lipinski definition) is 0. The minimum atomic E-state index is 0.259.